The van der Waals surface area contributed by atoms with Crippen molar-refractivity contribution in [2.45, 2.75) is 17.8 Å². The smallest absolute Gasteiger partial charge is 0.187 e. The van der Waals surface area contributed by atoms with Crippen molar-refractivity contribution in [1.82, 2.24) is 9.97 Å². The summed E-state index contributed by atoms with van der Waals surface area (Å²) in [4.78, 5) is 8.07. The number of nitrogens with zero attached hydrogens (tertiary/aromatic N) is 2. The lowest BCUT2D eigenvalue weighted by atomic mass is 10.4. The van der Waals surface area contributed by atoms with Crippen LogP contribution < -0.4 is 5.73 Å². The molecule has 14 heavy (non-hydrogen) atoms. The standard InChI is InChI=1S/C8H13N3O2S/c9-1-6-2-10-8(11-3-6)14-5-7(13)4-12/h2-3,7,12-13H,1,4-5,9H2. The molecule has 0 amide bonds. The van der Waals surface area contributed by atoms with Crippen LogP contribution in [0.15, 0.2) is 17.6 Å². The van der Waals surface area contributed by atoms with Crippen molar-refractivity contribution in [1.29, 1.82) is 0 Å². The second-order valence-electron chi connectivity index (χ2n) is 2.73. The first-order chi connectivity index (χ1) is 6.76. The maximum atomic E-state index is 9.07. The summed E-state index contributed by atoms with van der Waals surface area (Å²) >= 11 is 1.30. The summed E-state index contributed by atoms with van der Waals surface area (Å²) in [6.07, 6.45) is 2.58. The number of aliphatic hydroxyl groups is 2. The van der Waals surface area contributed by atoms with Gasteiger partial charge in [0.05, 0.1) is 12.7 Å². The molecule has 5 nitrogen and oxygen atoms in total. The molecular formula is C8H13N3O2S. The quantitative estimate of drug-likeness (QED) is 0.448. The van der Waals surface area contributed by atoms with Crippen LogP contribution in [0.4, 0.5) is 0 Å². The van der Waals surface area contributed by atoms with Gasteiger partial charge in [0.1, 0.15) is 0 Å². The minimum absolute atomic E-state index is 0.242. The van der Waals surface area contributed by atoms with E-state index in [4.69, 9.17) is 15.9 Å². The highest BCUT2D eigenvalue weighted by atomic mass is 32.2. The van der Waals surface area contributed by atoms with Gasteiger partial charge in [0.15, 0.2) is 5.16 Å². The van der Waals surface area contributed by atoms with Crippen LogP contribution in [0, 0.1) is 0 Å². The molecule has 0 fully saturated rings. The van der Waals surface area contributed by atoms with Crippen LogP contribution in [0.3, 0.4) is 0 Å². The van der Waals surface area contributed by atoms with E-state index in [9.17, 15) is 0 Å². The summed E-state index contributed by atoms with van der Waals surface area (Å²) < 4.78 is 0. The van der Waals surface area contributed by atoms with Crippen molar-refractivity contribution >= 4 is 11.8 Å². The van der Waals surface area contributed by atoms with E-state index in [1.54, 1.807) is 12.4 Å². The average Bonchev–Trinajstić information content (AvgIpc) is 2.26. The molecule has 0 aliphatic heterocycles. The molecule has 0 radical (unpaired) electrons. The molecular weight excluding hydrogens is 202 g/mol. The van der Waals surface area contributed by atoms with Crippen LogP contribution in [0.1, 0.15) is 5.56 Å². The van der Waals surface area contributed by atoms with Gasteiger partial charge in [-0.1, -0.05) is 11.8 Å². The van der Waals surface area contributed by atoms with Crippen LogP contribution in [0.2, 0.25) is 0 Å². The molecule has 4 N–H and O–H groups in total. The number of aliphatic hydroxyl groups excluding tert-OH is 2. The summed E-state index contributed by atoms with van der Waals surface area (Å²) in [5.74, 6) is 0.387. The number of nitrogens with two attached hydrogens (primary N) is 1. The minimum Gasteiger partial charge on any atom is -0.394 e. The van der Waals surface area contributed by atoms with Crippen molar-refractivity contribution in [3.8, 4) is 0 Å². The monoisotopic (exact) mass is 215 g/mol. The Bertz CT molecular complexity index is 268. The van der Waals surface area contributed by atoms with Crippen molar-refractivity contribution in [2.75, 3.05) is 12.4 Å². The van der Waals surface area contributed by atoms with Crippen molar-refractivity contribution in [3.63, 3.8) is 0 Å². The molecule has 1 atom stereocenters. The number of hydrogen-bond acceptors (Lipinski definition) is 6. The number of hydrogen-bond donors (Lipinski definition) is 3. The lowest BCUT2D eigenvalue weighted by molar-refractivity contribution is 0.113. The summed E-state index contributed by atoms with van der Waals surface area (Å²) in [5, 5.41) is 18.2. The zero-order valence-corrected chi connectivity index (χ0v) is 8.44. The minimum atomic E-state index is -0.724. The topological polar surface area (TPSA) is 92.3 Å². The van der Waals surface area contributed by atoms with Gasteiger partial charge >= 0.3 is 0 Å². The largest absolute Gasteiger partial charge is 0.394 e. The van der Waals surface area contributed by atoms with E-state index in [1.807, 2.05) is 0 Å². The van der Waals surface area contributed by atoms with Crippen LogP contribution >= 0.6 is 11.8 Å². The molecule has 0 saturated carbocycles. The van der Waals surface area contributed by atoms with Gasteiger partial charge in [-0.25, -0.2) is 9.97 Å². The maximum Gasteiger partial charge on any atom is 0.187 e. The summed E-state index contributed by atoms with van der Waals surface area (Å²) in [6.45, 7) is 0.179. The van der Waals surface area contributed by atoms with Crippen molar-refractivity contribution < 1.29 is 10.2 Å². The van der Waals surface area contributed by atoms with Crippen LogP contribution in [0.5, 0.6) is 0 Å². The van der Waals surface area contributed by atoms with Gasteiger partial charge in [-0.2, -0.15) is 0 Å². The first kappa shape index (κ1) is 11.4. The first-order valence-corrected chi connectivity index (χ1v) is 5.17. The zero-order valence-electron chi connectivity index (χ0n) is 7.63. The third-order valence-corrected chi connectivity index (χ3v) is 2.55. The van der Waals surface area contributed by atoms with Gasteiger partial charge in [0.2, 0.25) is 0 Å². The lowest BCUT2D eigenvalue weighted by Gasteiger charge is -2.05. The highest BCUT2D eigenvalue weighted by molar-refractivity contribution is 7.99. The van der Waals surface area contributed by atoms with Gasteiger partial charge < -0.3 is 15.9 Å². The number of rotatable bonds is 5. The zero-order chi connectivity index (χ0) is 10.4. The highest BCUT2D eigenvalue weighted by Gasteiger charge is 2.04. The van der Waals surface area contributed by atoms with Crippen LogP contribution in [-0.2, 0) is 6.54 Å². The molecule has 0 aliphatic carbocycles. The molecule has 1 rings (SSSR count). The van der Waals surface area contributed by atoms with Crippen molar-refractivity contribution in [2.24, 2.45) is 5.73 Å². The average molecular weight is 215 g/mol. The third-order valence-electron chi connectivity index (χ3n) is 1.53. The van der Waals surface area contributed by atoms with Gasteiger partial charge in [-0.3, -0.25) is 0 Å². The summed E-state index contributed by atoms with van der Waals surface area (Å²) in [6, 6.07) is 0. The van der Waals surface area contributed by atoms with E-state index in [2.05, 4.69) is 9.97 Å². The van der Waals surface area contributed by atoms with E-state index in [0.29, 0.717) is 17.5 Å². The predicted octanol–water partition coefficient (Wildman–Crippen LogP) is -0.619. The fourth-order valence-electron chi connectivity index (χ4n) is 0.746. The second-order valence-corrected chi connectivity index (χ2v) is 3.71. The molecule has 0 aromatic carbocycles. The summed E-state index contributed by atoms with van der Waals surface area (Å²) in [7, 11) is 0. The Hall–Kier alpha value is -0.690. The number of thioether (sulfide) groups is 1. The molecule has 1 heterocycles. The van der Waals surface area contributed by atoms with E-state index >= 15 is 0 Å². The molecule has 78 valence electrons. The van der Waals surface area contributed by atoms with E-state index < -0.39 is 6.10 Å². The van der Waals surface area contributed by atoms with E-state index in [0.717, 1.165) is 5.56 Å². The van der Waals surface area contributed by atoms with Crippen molar-refractivity contribution in [3.05, 3.63) is 18.0 Å². The molecule has 0 aliphatic rings. The van der Waals surface area contributed by atoms with E-state index in [1.165, 1.54) is 11.8 Å². The fourth-order valence-corrected chi connectivity index (χ4v) is 1.45. The van der Waals surface area contributed by atoms with Gasteiger partial charge in [0, 0.05) is 30.3 Å². The summed E-state index contributed by atoms with van der Waals surface area (Å²) in [5.41, 5.74) is 6.26. The van der Waals surface area contributed by atoms with Gasteiger partial charge in [0.25, 0.3) is 0 Å². The van der Waals surface area contributed by atoms with Crippen LogP contribution in [0.25, 0.3) is 0 Å². The molecule has 0 bridgehead atoms. The normalized spacial score (nSPS) is 12.8. The molecule has 1 aromatic heterocycles. The van der Waals surface area contributed by atoms with Crippen LogP contribution in [-0.4, -0.2) is 38.6 Å². The van der Waals surface area contributed by atoms with Gasteiger partial charge in [-0.15, -0.1) is 0 Å². The molecule has 0 saturated heterocycles. The SMILES string of the molecule is NCc1cnc(SCC(O)CO)nc1. The third kappa shape index (κ3) is 3.59. The van der Waals surface area contributed by atoms with E-state index in [-0.39, 0.29) is 6.61 Å². The maximum absolute atomic E-state index is 9.07. The Labute approximate surface area is 86.4 Å². The molecule has 1 aromatic rings. The predicted molar refractivity (Wildman–Crippen MR) is 53.7 cm³/mol. The fraction of sp³-hybridized carbons (Fsp3) is 0.500. The molecule has 0 spiro atoms. The Balaban J connectivity index is 2.43. The highest BCUT2D eigenvalue weighted by Crippen LogP contribution is 2.12. The molecule has 1 unspecified atom stereocenters. The second kappa shape index (κ2) is 5.92. The Morgan fingerprint density at radius 2 is 2.07 bits per heavy atom. The Morgan fingerprint density at radius 3 is 2.57 bits per heavy atom. The Kier molecular flexibility index (Phi) is 4.81. The molecule has 6 heteroatoms. The number of aromatic nitrogens is 2. The first-order valence-electron chi connectivity index (χ1n) is 4.19. The van der Waals surface area contributed by atoms with Gasteiger partial charge in [-0.05, 0) is 0 Å². The lowest BCUT2D eigenvalue weighted by Crippen LogP contribution is -2.14. The Morgan fingerprint density at radius 1 is 1.43 bits per heavy atom.